The zero-order valence-corrected chi connectivity index (χ0v) is 13.6. The Morgan fingerprint density at radius 3 is 2.64 bits per heavy atom. The van der Waals surface area contributed by atoms with E-state index in [-0.39, 0.29) is 6.04 Å². The molecule has 4 heteroatoms. The molecular formula is C18H20ClNO2. The second-order valence-corrected chi connectivity index (χ2v) is 5.82. The first kappa shape index (κ1) is 15.0. The Hall–Kier alpha value is -1.87. The fourth-order valence-corrected chi connectivity index (χ4v) is 3.40. The Bertz CT molecular complexity index is 659. The van der Waals surface area contributed by atoms with Gasteiger partial charge in [-0.3, -0.25) is 0 Å². The maximum atomic E-state index is 6.39. The largest absolute Gasteiger partial charge is 0.497 e. The molecule has 1 saturated heterocycles. The highest BCUT2D eigenvalue weighted by molar-refractivity contribution is 6.33. The number of hydrogen-bond donors (Lipinski definition) is 0. The van der Waals surface area contributed by atoms with E-state index in [1.165, 1.54) is 5.56 Å². The summed E-state index contributed by atoms with van der Waals surface area (Å²) in [6, 6.07) is 14.3. The molecule has 116 valence electrons. The van der Waals surface area contributed by atoms with Crippen molar-refractivity contribution in [1.82, 2.24) is 0 Å². The third-order valence-corrected chi connectivity index (χ3v) is 4.53. The van der Waals surface area contributed by atoms with E-state index in [1.807, 2.05) is 30.3 Å². The van der Waals surface area contributed by atoms with E-state index in [2.05, 4.69) is 17.0 Å². The quantitative estimate of drug-likeness (QED) is 0.816. The van der Waals surface area contributed by atoms with E-state index in [0.717, 1.165) is 41.6 Å². The second kappa shape index (κ2) is 6.49. The Labute approximate surface area is 136 Å². The number of para-hydroxylation sites is 1. The lowest BCUT2D eigenvalue weighted by Gasteiger charge is -2.29. The summed E-state index contributed by atoms with van der Waals surface area (Å²) in [5, 5.41) is 0.793. The third kappa shape index (κ3) is 2.73. The molecule has 3 nitrogen and oxygen atoms in total. The van der Waals surface area contributed by atoms with E-state index < -0.39 is 0 Å². The molecule has 1 fully saturated rings. The zero-order chi connectivity index (χ0) is 15.5. The van der Waals surface area contributed by atoms with E-state index in [1.54, 1.807) is 14.2 Å². The van der Waals surface area contributed by atoms with Gasteiger partial charge < -0.3 is 14.4 Å². The number of ether oxygens (including phenoxy) is 2. The maximum Gasteiger partial charge on any atom is 0.127 e. The number of hydrogen-bond acceptors (Lipinski definition) is 3. The summed E-state index contributed by atoms with van der Waals surface area (Å²) in [6.45, 7) is 1.00. The highest BCUT2D eigenvalue weighted by atomic mass is 35.5. The van der Waals surface area contributed by atoms with Crippen molar-refractivity contribution in [3.05, 3.63) is 53.1 Å². The smallest absolute Gasteiger partial charge is 0.127 e. The molecular weight excluding hydrogens is 298 g/mol. The maximum absolute atomic E-state index is 6.39. The Morgan fingerprint density at radius 2 is 1.91 bits per heavy atom. The fourth-order valence-electron chi connectivity index (χ4n) is 3.16. The first-order valence-electron chi connectivity index (χ1n) is 7.47. The summed E-state index contributed by atoms with van der Waals surface area (Å²) >= 11 is 6.39. The summed E-state index contributed by atoms with van der Waals surface area (Å²) in [7, 11) is 3.37. The average molecular weight is 318 g/mol. The van der Waals surface area contributed by atoms with Crippen molar-refractivity contribution in [1.29, 1.82) is 0 Å². The monoisotopic (exact) mass is 317 g/mol. The molecule has 1 atom stereocenters. The lowest BCUT2D eigenvalue weighted by molar-refractivity contribution is 0.388. The van der Waals surface area contributed by atoms with Crippen molar-refractivity contribution in [3.63, 3.8) is 0 Å². The molecule has 1 aliphatic rings. The molecule has 0 saturated carbocycles. The van der Waals surface area contributed by atoms with Crippen LogP contribution in [0, 0.1) is 0 Å². The predicted molar refractivity (Wildman–Crippen MR) is 90.3 cm³/mol. The molecule has 0 aliphatic carbocycles. The van der Waals surface area contributed by atoms with Crippen LogP contribution in [0.1, 0.15) is 24.4 Å². The van der Waals surface area contributed by atoms with E-state index in [9.17, 15) is 0 Å². The molecule has 1 unspecified atom stereocenters. The van der Waals surface area contributed by atoms with Gasteiger partial charge in [-0.15, -0.1) is 0 Å². The molecule has 0 bridgehead atoms. The minimum atomic E-state index is 0.278. The number of rotatable bonds is 4. The van der Waals surface area contributed by atoms with Crippen LogP contribution in [0.3, 0.4) is 0 Å². The number of nitrogens with zero attached hydrogens (tertiary/aromatic N) is 1. The van der Waals surface area contributed by atoms with Crippen LogP contribution < -0.4 is 14.4 Å². The first-order valence-corrected chi connectivity index (χ1v) is 7.85. The molecule has 1 aliphatic heterocycles. The van der Waals surface area contributed by atoms with Crippen LogP contribution in [0.4, 0.5) is 5.69 Å². The molecule has 3 rings (SSSR count). The minimum Gasteiger partial charge on any atom is -0.497 e. The Balaban J connectivity index is 1.98. The molecule has 0 amide bonds. The van der Waals surface area contributed by atoms with Gasteiger partial charge in [-0.25, -0.2) is 0 Å². The van der Waals surface area contributed by atoms with Gasteiger partial charge in [0.2, 0.25) is 0 Å². The van der Waals surface area contributed by atoms with Crippen molar-refractivity contribution in [2.24, 2.45) is 0 Å². The SMILES string of the molecule is COc1ccc(C2CCCN2c2ccccc2Cl)c(OC)c1. The van der Waals surface area contributed by atoms with Crippen LogP contribution >= 0.6 is 11.6 Å². The lowest BCUT2D eigenvalue weighted by Crippen LogP contribution is -2.23. The van der Waals surface area contributed by atoms with Crippen LogP contribution in [-0.4, -0.2) is 20.8 Å². The predicted octanol–water partition coefficient (Wildman–Crippen LogP) is 4.70. The van der Waals surface area contributed by atoms with Crippen LogP contribution in [0.2, 0.25) is 5.02 Å². The van der Waals surface area contributed by atoms with Gasteiger partial charge in [0.25, 0.3) is 0 Å². The van der Waals surface area contributed by atoms with Crippen LogP contribution in [0.15, 0.2) is 42.5 Å². The standard InChI is InChI=1S/C18H20ClNO2/c1-21-13-9-10-14(18(12-13)22-2)16-8-5-11-20(16)17-7-4-3-6-15(17)19/h3-4,6-7,9-10,12,16H,5,8,11H2,1-2H3. The highest BCUT2D eigenvalue weighted by Gasteiger charge is 2.29. The Morgan fingerprint density at radius 1 is 1.09 bits per heavy atom. The lowest BCUT2D eigenvalue weighted by atomic mass is 10.0. The van der Waals surface area contributed by atoms with Crippen molar-refractivity contribution in [2.45, 2.75) is 18.9 Å². The van der Waals surface area contributed by atoms with Crippen molar-refractivity contribution in [3.8, 4) is 11.5 Å². The summed E-state index contributed by atoms with van der Waals surface area (Å²) in [5.74, 6) is 1.67. The number of methoxy groups -OCH3 is 2. The first-order chi connectivity index (χ1) is 10.7. The van der Waals surface area contributed by atoms with Gasteiger partial charge in [-0.05, 0) is 37.1 Å². The van der Waals surface area contributed by atoms with E-state index >= 15 is 0 Å². The molecule has 0 radical (unpaired) electrons. The number of benzene rings is 2. The van der Waals surface area contributed by atoms with Gasteiger partial charge in [0.05, 0.1) is 31.0 Å². The number of anilines is 1. The third-order valence-electron chi connectivity index (χ3n) is 4.21. The van der Waals surface area contributed by atoms with Crippen molar-refractivity contribution in [2.75, 3.05) is 25.7 Å². The van der Waals surface area contributed by atoms with Crippen molar-refractivity contribution >= 4 is 17.3 Å². The molecule has 2 aromatic rings. The second-order valence-electron chi connectivity index (χ2n) is 5.41. The van der Waals surface area contributed by atoms with Gasteiger partial charge in [-0.1, -0.05) is 23.7 Å². The van der Waals surface area contributed by atoms with Crippen LogP contribution in [0.25, 0.3) is 0 Å². The molecule has 0 N–H and O–H groups in total. The van der Waals surface area contributed by atoms with Gasteiger partial charge in [0.15, 0.2) is 0 Å². The van der Waals surface area contributed by atoms with E-state index in [4.69, 9.17) is 21.1 Å². The molecule has 0 spiro atoms. The highest BCUT2D eigenvalue weighted by Crippen LogP contribution is 2.42. The molecule has 1 heterocycles. The summed E-state index contributed by atoms with van der Waals surface area (Å²) < 4.78 is 10.9. The van der Waals surface area contributed by atoms with E-state index in [0.29, 0.717) is 0 Å². The minimum absolute atomic E-state index is 0.278. The zero-order valence-electron chi connectivity index (χ0n) is 12.9. The fraction of sp³-hybridized carbons (Fsp3) is 0.333. The average Bonchev–Trinajstić information content (AvgIpc) is 3.03. The van der Waals surface area contributed by atoms with Gasteiger partial charge in [0.1, 0.15) is 11.5 Å². The van der Waals surface area contributed by atoms with Crippen LogP contribution in [-0.2, 0) is 0 Å². The van der Waals surface area contributed by atoms with Crippen LogP contribution in [0.5, 0.6) is 11.5 Å². The summed E-state index contributed by atoms with van der Waals surface area (Å²) in [5.41, 5.74) is 2.27. The molecule has 2 aromatic carbocycles. The van der Waals surface area contributed by atoms with Gasteiger partial charge in [0, 0.05) is 18.2 Å². The Kier molecular flexibility index (Phi) is 4.44. The summed E-state index contributed by atoms with van der Waals surface area (Å²) in [4.78, 5) is 2.37. The topological polar surface area (TPSA) is 21.7 Å². The normalized spacial score (nSPS) is 17.6. The molecule has 22 heavy (non-hydrogen) atoms. The summed E-state index contributed by atoms with van der Waals surface area (Å²) in [6.07, 6.45) is 2.24. The van der Waals surface area contributed by atoms with Gasteiger partial charge >= 0.3 is 0 Å². The molecule has 0 aromatic heterocycles. The number of halogens is 1. The van der Waals surface area contributed by atoms with Crippen molar-refractivity contribution < 1.29 is 9.47 Å². The van der Waals surface area contributed by atoms with Gasteiger partial charge in [-0.2, -0.15) is 0 Å².